The first kappa shape index (κ1) is 15.4. The predicted molar refractivity (Wildman–Crippen MR) is 89.6 cm³/mol. The van der Waals surface area contributed by atoms with Crippen LogP contribution in [0.2, 0.25) is 0 Å². The van der Waals surface area contributed by atoms with Crippen LogP contribution >= 0.6 is 0 Å². The van der Waals surface area contributed by atoms with Crippen molar-refractivity contribution < 1.29 is 4.74 Å². The first-order chi connectivity index (χ1) is 9.93. The predicted octanol–water partition coefficient (Wildman–Crippen LogP) is 4.10. The van der Waals surface area contributed by atoms with E-state index in [9.17, 15) is 0 Å². The third-order valence-electron chi connectivity index (χ3n) is 3.67. The van der Waals surface area contributed by atoms with Gasteiger partial charge in [0.15, 0.2) is 0 Å². The highest BCUT2D eigenvalue weighted by molar-refractivity contribution is 5.70. The number of hydrogen-bond donors (Lipinski definition) is 1. The van der Waals surface area contributed by atoms with Gasteiger partial charge in [0.05, 0.1) is 7.11 Å². The van der Waals surface area contributed by atoms with Crippen LogP contribution < -0.4 is 15.4 Å². The van der Waals surface area contributed by atoms with E-state index in [1.807, 2.05) is 19.1 Å². The molecule has 0 saturated heterocycles. The summed E-state index contributed by atoms with van der Waals surface area (Å²) in [6.45, 7) is 6.21. The average molecular weight is 284 g/mol. The molecule has 21 heavy (non-hydrogen) atoms. The van der Waals surface area contributed by atoms with E-state index in [0.29, 0.717) is 0 Å². The second-order valence-corrected chi connectivity index (χ2v) is 5.59. The van der Waals surface area contributed by atoms with Crippen molar-refractivity contribution in [3.63, 3.8) is 0 Å². The van der Waals surface area contributed by atoms with Crippen LogP contribution in [0.4, 0.5) is 11.4 Å². The van der Waals surface area contributed by atoms with Gasteiger partial charge in [-0.15, -0.1) is 0 Å². The van der Waals surface area contributed by atoms with E-state index in [2.05, 4.69) is 50.1 Å². The van der Waals surface area contributed by atoms with Gasteiger partial charge in [-0.05, 0) is 56.2 Å². The largest absolute Gasteiger partial charge is 0.496 e. The molecule has 0 aliphatic carbocycles. The number of ether oxygens (including phenoxy) is 1. The summed E-state index contributed by atoms with van der Waals surface area (Å²) in [5.41, 5.74) is 11.9. The van der Waals surface area contributed by atoms with Gasteiger partial charge in [-0.3, -0.25) is 0 Å². The molecule has 0 radical (unpaired) electrons. The van der Waals surface area contributed by atoms with Crippen molar-refractivity contribution in [1.29, 1.82) is 0 Å². The van der Waals surface area contributed by atoms with Gasteiger partial charge in [0, 0.05) is 30.0 Å². The lowest BCUT2D eigenvalue weighted by molar-refractivity contribution is 0.407. The molecule has 0 fully saturated rings. The highest BCUT2D eigenvalue weighted by Crippen LogP contribution is 2.36. The molecule has 1 atom stereocenters. The average Bonchev–Trinajstić information content (AvgIpc) is 2.44. The Morgan fingerprint density at radius 2 is 1.71 bits per heavy atom. The van der Waals surface area contributed by atoms with Crippen LogP contribution in [0.5, 0.6) is 5.75 Å². The first-order valence-corrected chi connectivity index (χ1v) is 7.18. The van der Waals surface area contributed by atoms with E-state index in [1.54, 1.807) is 7.11 Å². The lowest BCUT2D eigenvalue weighted by Crippen LogP contribution is -2.16. The standard InChI is InChI=1S/C18H24N2O/c1-12-9-13(2)11-15(10-12)20(4)16-7-6-8-17(21-5)18(16)14(3)19/h6-11,14H,19H2,1-5H3/t14-/m1/s1. The minimum Gasteiger partial charge on any atom is -0.496 e. The maximum atomic E-state index is 6.16. The minimum atomic E-state index is -0.0930. The molecule has 0 heterocycles. The molecule has 0 aliphatic heterocycles. The molecule has 2 aromatic rings. The van der Waals surface area contributed by atoms with Crippen molar-refractivity contribution in [3.05, 3.63) is 53.1 Å². The first-order valence-electron chi connectivity index (χ1n) is 7.18. The zero-order chi connectivity index (χ0) is 15.6. The van der Waals surface area contributed by atoms with Gasteiger partial charge >= 0.3 is 0 Å². The van der Waals surface area contributed by atoms with Crippen LogP contribution in [-0.2, 0) is 0 Å². The Labute approximate surface area is 127 Å². The molecule has 2 N–H and O–H groups in total. The van der Waals surface area contributed by atoms with E-state index < -0.39 is 0 Å². The number of aryl methyl sites for hydroxylation is 2. The van der Waals surface area contributed by atoms with Crippen molar-refractivity contribution in [3.8, 4) is 5.75 Å². The highest BCUT2D eigenvalue weighted by Gasteiger charge is 2.17. The van der Waals surface area contributed by atoms with Gasteiger partial charge in [0.1, 0.15) is 5.75 Å². The Balaban J connectivity index is 2.55. The van der Waals surface area contributed by atoms with E-state index in [0.717, 1.165) is 22.7 Å². The summed E-state index contributed by atoms with van der Waals surface area (Å²) in [5, 5.41) is 0. The zero-order valence-electron chi connectivity index (χ0n) is 13.5. The molecule has 2 aromatic carbocycles. The molecule has 0 aromatic heterocycles. The molecule has 0 aliphatic rings. The fourth-order valence-corrected chi connectivity index (χ4v) is 2.74. The molecule has 3 nitrogen and oxygen atoms in total. The van der Waals surface area contributed by atoms with E-state index in [-0.39, 0.29) is 6.04 Å². The number of anilines is 2. The second-order valence-electron chi connectivity index (χ2n) is 5.59. The molecule has 0 amide bonds. The SMILES string of the molecule is COc1cccc(N(C)c2cc(C)cc(C)c2)c1[C@@H](C)N. The van der Waals surface area contributed by atoms with Crippen LogP contribution in [-0.4, -0.2) is 14.2 Å². The van der Waals surface area contributed by atoms with Gasteiger partial charge < -0.3 is 15.4 Å². The molecule has 0 unspecified atom stereocenters. The summed E-state index contributed by atoms with van der Waals surface area (Å²) in [6, 6.07) is 12.5. The van der Waals surface area contributed by atoms with Gasteiger partial charge in [0.25, 0.3) is 0 Å². The molecular weight excluding hydrogens is 260 g/mol. The van der Waals surface area contributed by atoms with Gasteiger partial charge in [-0.2, -0.15) is 0 Å². The number of benzene rings is 2. The van der Waals surface area contributed by atoms with Crippen LogP contribution in [0.15, 0.2) is 36.4 Å². The molecular formula is C18H24N2O. The maximum absolute atomic E-state index is 6.16. The maximum Gasteiger partial charge on any atom is 0.125 e. The van der Waals surface area contributed by atoms with Crippen molar-refractivity contribution in [2.24, 2.45) is 5.73 Å². The number of methoxy groups -OCH3 is 1. The number of nitrogens with zero attached hydrogens (tertiary/aromatic N) is 1. The quantitative estimate of drug-likeness (QED) is 0.918. The van der Waals surface area contributed by atoms with E-state index >= 15 is 0 Å². The van der Waals surface area contributed by atoms with Gasteiger partial charge in [-0.25, -0.2) is 0 Å². The smallest absolute Gasteiger partial charge is 0.125 e. The minimum absolute atomic E-state index is 0.0930. The Bertz CT molecular complexity index is 615. The lowest BCUT2D eigenvalue weighted by atomic mass is 10.0. The van der Waals surface area contributed by atoms with Crippen LogP contribution in [0, 0.1) is 13.8 Å². The molecule has 0 saturated carbocycles. The Morgan fingerprint density at radius 3 is 2.24 bits per heavy atom. The molecule has 3 heteroatoms. The van der Waals surface area contributed by atoms with Crippen molar-refractivity contribution in [2.45, 2.75) is 26.8 Å². The van der Waals surface area contributed by atoms with Crippen molar-refractivity contribution in [2.75, 3.05) is 19.1 Å². The number of hydrogen-bond acceptors (Lipinski definition) is 3. The highest BCUT2D eigenvalue weighted by atomic mass is 16.5. The Hall–Kier alpha value is -2.00. The van der Waals surface area contributed by atoms with E-state index in [4.69, 9.17) is 10.5 Å². The molecule has 0 spiro atoms. The lowest BCUT2D eigenvalue weighted by Gasteiger charge is -2.26. The van der Waals surface area contributed by atoms with Crippen LogP contribution in [0.1, 0.15) is 29.7 Å². The molecule has 0 bridgehead atoms. The number of nitrogens with two attached hydrogens (primary N) is 1. The topological polar surface area (TPSA) is 38.5 Å². The monoisotopic (exact) mass is 284 g/mol. The fraction of sp³-hybridized carbons (Fsp3) is 0.333. The molecule has 2 rings (SSSR count). The zero-order valence-corrected chi connectivity index (χ0v) is 13.5. The Kier molecular flexibility index (Phi) is 4.53. The van der Waals surface area contributed by atoms with Crippen molar-refractivity contribution >= 4 is 11.4 Å². The second kappa shape index (κ2) is 6.19. The van der Waals surface area contributed by atoms with Gasteiger partial charge in [0.2, 0.25) is 0 Å². The summed E-state index contributed by atoms with van der Waals surface area (Å²) < 4.78 is 5.47. The summed E-state index contributed by atoms with van der Waals surface area (Å²) in [7, 11) is 3.75. The van der Waals surface area contributed by atoms with Crippen LogP contribution in [0.3, 0.4) is 0 Å². The van der Waals surface area contributed by atoms with Crippen LogP contribution in [0.25, 0.3) is 0 Å². The third-order valence-corrected chi connectivity index (χ3v) is 3.67. The Morgan fingerprint density at radius 1 is 1.10 bits per heavy atom. The third kappa shape index (κ3) is 3.19. The molecule has 112 valence electrons. The van der Waals surface area contributed by atoms with Gasteiger partial charge in [-0.1, -0.05) is 12.1 Å². The summed E-state index contributed by atoms with van der Waals surface area (Å²) in [4.78, 5) is 2.17. The number of rotatable bonds is 4. The summed E-state index contributed by atoms with van der Waals surface area (Å²) in [6.07, 6.45) is 0. The fourth-order valence-electron chi connectivity index (χ4n) is 2.74. The normalized spacial score (nSPS) is 12.1. The van der Waals surface area contributed by atoms with E-state index in [1.165, 1.54) is 11.1 Å². The summed E-state index contributed by atoms with van der Waals surface area (Å²) in [5.74, 6) is 0.832. The van der Waals surface area contributed by atoms with Crippen molar-refractivity contribution in [1.82, 2.24) is 0 Å². The summed E-state index contributed by atoms with van der Waals surface area (Å²) >= 11 is 0.